The fourth-order valence-corrected chi connectivity index (χ4v) is 6.50. The van der Waals surface area contributed by atoms with Gasteiger partial charge in [0, 0.05) is 65.3 Å². The van der Waals surface area contributed by atoms with Crippen molar-refractivity contribution < 1.29 is 19.1 Å². The molecule has 0 bridgehead atoms. The van der Waals surface area contributed by atoms with Gasteiger partial charge in [-0.1, -0.05) is 61.9 Å². The molecule has 0 saturated carbocycles. The van der Waals surface area contributed by atoms with Crippen molar-refractivity contribution in [2.45, 2.75) is 58.0 Å². The molecule has 1 fully saturated rings. The number of rotatable bonds is 16. The van der Waals surface area contributed by atoms with Gasteiger partial charge in [-0.3, -0.25) is 14.9 Å². The first-order valence-corrected chi connectivity index (χ1v) is 17.3. The Hall–Kier alpha value is -3.89. The highest BCUT2D eigenvalue weighted by Crippen LogP contribution is 2.28. The van der Waals surface area contributed by atoms with E-state index >= 15 is 0 Å². The third kappa shape index (κ3) is 10.9. The number of unbranched alkanes of at least 4 members (excludes halogenated alkanes) is 2. The molecule has 9 nitrogen and oxygen atoms in total. The Bertz CT molecular complexity index is 1390. The number of para-hydroxylation sites is 1. The first-order chi connectivity index (χ1) is 22.3. The smallest absolute Gasteiger partial charge is 0.411 e. The van der Waals surface area contributed by atoms with E-state index < -0.39 is 6.09 Å². The molecule has 2 aromatic carbocycles. The second-order valence-electron chi connectivity index (χ2n) is 11.9. The number of hydrogen-bond donors (Lipinski definition) is 2. The first-order valence-electron chi connectivity index (χ1n) is 16.5. The lowest BCUT2D eigenvalue weighted by atomic mass is 10.0. The maximum absolute atomic E-state index is 12.7. The van der Waals surface area contributed by atoms with Crippen LogP contribution in [-0.2, 0) is 9.53 Å². The Morgan fingerprint density at radius 2 is 1.63 bits per heavy atom. The number of carbonyl (C=O) groups excluding carboxylic acids is 3. The largest absolute Gasteiger partial charge is 0.446 e. The van der Waals surface area contributed by atoms with Crippen LogP contribution in [0.15, 0.2) is 66.7 Å². The minimum absolute atomic E-state index is 0.0718. The van der Waals surface area contributed by atoms with Crippen LogP contribution in [0.2, 0.25) is 0 Å². The maximum Gasteiger partial charge on any atom is 0.411 e. The molecule has 0 unspecified atom stereocenters. The molecule has 3 aromatic rings. The molecule has 1 aliphatic rings. The van der Waals surface area contributed by atoms with E-state index in [4.69, 9.17) is 4.74 Å². The van der Waals surface area contributed by atoms with Gasteiger partial charge in [0.1, 0.15) is 6.10 Å². The Morgan fingerprint density at radius 1 is 0.891 bits per heavy atom. The second-order valence-corrected chi connectivity index (χ2v) is 13.0. The molecule has 2 heterocycles. The minimum atomic E-state index is -0.425. The van der Waals surface area contributed by atoms with Crippen LogP contribution in [0.1, 0.15) is 61.5 Å². The first kappa shape index (κ1) is 35.0. The Morgan fingerprint density at radius 3 is 2.39 bits per heavy atom. The standard InChI is InChI=1S/C36H49N5O4S/c1-4-23-40(3)35(43)32-18-19-33(46-32)37-22-12-6-9-17-34(42)39(2)26-27-41-24-20-29(21-25-41)45-36(44)38-31-16-11-10-15-30(31)28-13-7-5-8-14-28/h5,7-8,10-11,13-16,18-19,29,37H,4,6,9,12,17,20-27H2,1-3H3,(H,38,44). The summed E-state index contributed by atoms with van der Waals surface area (Å²) in [4.78, 5) is 44.5. The van der Waals surface area contributed by atoms with E-state index in [9.17, 15) is 14.4 Å². The lowest BCUT2D eigenvalue weighted by molar-refractivity contribution is -0.130. The summed E-state index contributed by atoms with van der Waals surface area (Å²) in [5.41, 5.74) is 2.73. The number of carbonyl (C=O) groups is 3. The summed E-state index contributed by atoms with van der Waals surface area (Å²) >= 11 is 1.50. The molecule has 248 valence electrons. The van der Waals surface area contributed by atoms with Crippen molar-refractivity contribution in [1.29, 1.82) is 0 Å². The zero-order chi connectivity index (χ0) is 32.7. The van der Waals surface area contributed by atoms with E-state index in [-0.39, 0.29) is 17.9 Å². The molecule has 0 spiro atoms. The van der Waals surface area contributed by atoms with Crippen molar-refractivity contribution >= 4 is 39.9 Å². The van der Waals surface area contributed by atoms with E-state index in [0.29, 0.717) is 13.0 Å². The molecule has 1 aromatic heterocycles. The summed E-state index contributed by atoms with van der Waals surface area (Å²) in [6.45, 7) is 6.83. The number of nitrogens with zero attached hydrogens (tertiary/aromatic N) is 3. The average molecular weight is 648 g/mol. The third-order valence-electron chi connectivity index (χ3n) is 8.32. The highest BCUT2D eigenvalue weighted by molar-refractivity contribution is 7.17. The number of likely N-dealkylation sites (tertiary alicyclic amines) is 1. The van der Waals surface area contributed by atoms with Crippen molar-refractivity contribution in [3.05, 3.63) is 71.6 Å². The molecule has 10 heteroatoms. The molecule has 0 radical (unpaired) electrons. The fraction of sp³-hybridized carbons (Fsp3) is 0.472. The summed E-state index contributed by atoms with van der Waals surface area (Å²) in [5, 5.41) is 7.35. The van der Waals surface area contributed by atoms with Gasteiger partial charge in [-0.15, -0.1) is 11.3 Å². The Kier molecular flexibility index (Phi) is 13.9. The summed E-state index contributed by atoms with van der Waals surface area (Å²) < 4.78 is 5.76. The van der Waals surface area contributed by atoms with Crippen molar-refractivity contribution in [2.75, 3.05) is 64.0 Å². The number of nitrogens with one attached hydrogen (secondary N) is 2. The topological polar surface area (TPSA) is 94.2 Å². The molecular weight excluding hydrogens is 598 g/mol. The van der Waals surface area contributed by atoms with Gasteiger partial charge in [-0.2, -0.15) is 0 Å². The highest BCUT2D eigenvalue weighted by Gasteiger charge is 2.23. The van der Waals surface area contributed by atoms with Crippen LogP contribution < -0.4 is 10.6 Å². The molecule has 0 aliphatic carbocycles. The summed E-state index contributed by atoms with van der Waals surface area (Å²) in [6.07, 6.45) is 5.32. The van der Waals surface area contributed by atoms with Gasteiger partial charge in [0.25, 0.3) is 5.91 Å². The number of benzene rings is 2. The lowest BCUT2D eigenvalue weighted by Gasteiger charge is -2.32. The number of anilines is 2. The van der Waals surface area contributed by atoms with Crippen LogP contribution >= 0.6 is 11.3 Å². The van der Waals surface area contributed by atoms with Crippen molar-refractivity contribution in [1.82, 2.24) is 14.7 Å². The molecule has 3 amide bonds. The van der Waals surface area contributed by atoms with E-state index in [1.54, 1.807) is 4.90 Å². The van der Waals surface area contributed by atoms with Gasteiger partial charge in [0.05, 0.1) is 15.6 Å². The van der Waals surface area contributed by atoms with E-state index in [2.05, 4.69) is 22.5 Å². The van der Waals surface area contributed by atoms with Crippen LogP contribution in [0.3, 0.4) is 0 Å². The van der Waals surface area contributed by atoms with Gasteiger partial charge in [0.2, 0.25) is 5.91 Å². The Labute approximate surface area is 277 Å². The summed E-state index contributed by atoms with van der Waals surface area (Å²) in [6, 6.07) is 21.6. The number of ether oxygens (including phenoxy) is 1. The molecule has 1 saturated heterocycles. The molecule has 4 rings (SSSR count). The van der Waals surface area contributed by atoms with Gasteiger partial charge >= 0.3 is 6.09 Å². The summed E-state index contributed by atoms with van der Waals surface area (Å²) in [7, 11) is 3.72. The molecule has 1 aliphatic heterocycles. The van der Waals surface area contributed by atoms with Crippen LogP contribution in [0.4, 0.5) is 15.5 Å². The van der Waals surface area contributed by atoms with Crippen LogP contribution in [0.5, 0.6) is 0 Å². The van der Waals surface area contributed by atoms with Gasteiger partial charge in [-0.25, -0.2) is 4.79 Å². The number of piperidine rings is 1. The van der Waals surface area contributed by atoms with Gasteiger partial charge in [0.15, 0.2) is 0 Å². The lowest BCUT2D eigenvalue weighted by Crippen LogP contribution is -2.42. The number of thiophene rings is 1. The third-order valence-corrected chi connectivity index (χ3v) is 9.35. The molecular formula is C36H49N5O4S. The van der Waals surface area contributed by atoms with Crippen LogP contribution in [0.25, 0.3) is 11.1 Å². The summed E-state index contributed by atoms with van der Waals surface area (Å²) in [5.74, 6) is 0.249. The van der Waals surface area contributed by atoms with E-state index in [1.807, 2.05) is 85.7 Å². The quantitative estimate of drug-likeness (QED) is 0.162. The minimum Gasteiger partial charge on any atom is -0.446 e. The van der Waals surface area contributed by atoms with Crippen molar-refractivity contribution in [3.8, 4) is 11.1 Å². The van der Waals surface area contributed by atoms with Crippen molar-refractivity contribution in [3.63, 3.8) is 0 Å². The highest BCUT2D eigenvalue weighted by atomic mass is 32.1. The maximum atomic E-state index is 12.7. The van der Waals surface area contributed by atoms with Crippen LogP contribution in [0, 0.1) is 0 Å². The number of likely N-dealkylation sites (N-methyl/N-ethyl adjacent to an activating group) is 1. The Balaban J connectivity index is 1.05. The second kappa shape index (κ2) is 18.3. The molecule has 46 heavy (non-hydrogen) atoms. The molecule has 2 N–H and O–H groups in total. The normalized spacial score (nSPS) is 13.6. The van der Waals surface area contributed by atoms with E-state index in [1.165, 1.54) is 11.3 Å². The predicted molar refractivity (Wildman–Crippen MR) is 188 cm³/mol. The zero-order valence-corrected chi connectivity index (χ0v) is 28.3. The van der Waals surface area contributed by atoms with Crippen molar-refractivity contribution in [2.24, 2.45) is 0 Å². The van der Waals surface area contributed by atoms with E-state index in [0.717, 1.165) is 97.9 Å². The molecule has 0 atom stereocenters. The van der Waals surface area contributed by atoms with Crippen LogP contribution in [-0.4, -0.2) is 92.1 Å². The fourth-order valence-electron chi connectivity index (χ4n) is 5.57. The monoisotopic (exact) mass is 647 g/mol. The van der Waals surface area contributed by atoms with Gasteiger partial charge in [-0.05, 0) is 55.9 Å². The average Bonchev–Trinajstić information content (AvgIpc) is 3.55. The SMILES string of the molecule is CCCN(C)C(=O)c1ccc(NCCCCCC(=O)N(C)CCN2CCC(OC(=O)Nc3ccccc3-c3ccccc3)CC2)s1. The zero-order valence-electron chi connectivity index (χ0n) is 27.5. The van der Waals surface area contributed by atoms with Gasteiger partial charge < -0.3 is 24.8 Å². The predicted octanol–water partition coefficient (Wildman–Crippen LogP) is 7.04. The number of amides is 3. The number of hydrogen-bond acceptors (Lipinski definition) is 7.